The smallest absolute Gasteiger partial charge is 0.150 e. The first-order valence-electron chi connectivity index (χ1n) is 7.93. The summed E-state index contributed by atoms with van der Waals surface area (Å²) < 4.78 is 19.2. The lowest BCUT2D eigenvalue weighted by Gasteiger charge is -2.28. The zero-order chi connectivity index (χ0) is 17.1. The Morgan fingerprint density at radius 1 is 1.54 bits per heavy atom. The molecule has 24 heavy (non-hydrogen) atoms. The van der Waals surface area contributed by atoms with E-state index in [0.717, 1.165) is 11.5 Å². The SMILES string of the molecule is Cc1cc(CN2C[C@@H](F)C[C@H]2CN(C)c2ncccc2C#N)on1. The van der Waals surface area contributed by atoms with Gasteiger partial charge in [-0.05, 0) is 25.5 Å². The number of likely N-dealkylation sites (tertiary alicyclic amines) is 1. The number of hydrogen-bond acceptors (Lipinski definition) is 6. The van der Waals surface area contributed by atoms with Crippen LogP contribution in [0.3, 0.4) is 0 Å². The quantitative estimate of drug-likeness (QED) is 0.838. The van der Waals surface area contributed by atoms with E-state index in [0.29, 0.717) is 37.4 Å². The maximum atomic E-state index is 14.0. The lowest BCUT2D eigenvalue weighted by Crippen LogP contribution is -2.39. The summed E-state index contributed by atoms with van der Waals surface area (Å²) in [5, 5.41) is 13.1. The van der Waals surface area contributed by atoms with Gasteiger partial charge in [-0.2, -0.15) is 5.26 Å². The molecule has 1 fully saturated rings. The summed E-state index contributed by atoms with van der Waals surface area (Å²) in [6.07, 6.45) is 1.27. The van der Waals surface area contributed by atoms with Crippen molar-refractivity contribution in [1.82, 2.24) is 15.0 Å². The minimum absolute atomic E-state index is 0.0314. The third kappa shape index (κ3) is 3.54. The van der Waals surface area contributed by atoms with Crippen molar-refractivity contribution < 1.29 is 8.91 Å². The largest absolute Gasteiger partial charge is 0.360 e. The summed E-state index contributed by atoms with van der Waals surface area (Å²) in [7, 11) is 1.88. The molecule has 0 unspecified atom stereocenters. The van der Waals surface area contributed by atoms with E-state index >= 15 is 0 Å². The minimum atomic E-state index is -0.855. The van der Waals surface area contributed by atoms with E-state index in [9.17, 15) is 9.65 Å². The van der Waals surface area contributed by atoms with E-state index in [-0.39, 0.29) is 6.04 Å². The third-order valence-electron chi connectivity index (χ3n) is 4.27. The van der Waals surface area contributed by atoms with Crippen LogP contribution >= 0.6 is 0 Å². The standard InChI is InChI=1S/C17H20FN5O/c1-12-6-16(24-21-12)11-23-9-14(18)7-15(23)10-22(2)17-13(8-19)4-3-5-20-17/h3-6,14-15H,7,9-11H2,1-2H3/t14-,15-/m0/s1. The Balaban J connectivity index is 1.71. The van der Waals surface area contributed by atoms with Crippen LogP contribution in [0.25, 0.3) is 0 Å². The first-order valence-corrected chi connectivity index (χ1v) is 7.93. The summed E-state index contributed by atoms with van der Waals surface area (Å²) in [4.78, 5) is 8.27. The molecule has 6 nitrogen and oxygen atoms in total. The van der Waals surface area contributed by atoms with Crippen LogP contribution in [0.2, 0.25) is 0 Å². The predicted octanol–water partition coefficient (Wildman–Crippen LogP) is 2.30. The molecule has 1 saturated heterocycles. The highest BCUT2D eigenvalue weighted by Gasteiger charge is 2.33. The van der Waals surface area contributed by atoms with Gasteiger partial charge in [0.2, 0.25) is 0 Å². The fourth-order valence-electron chi connectivity index (χ4n) is 3.19. The summed E-state index contributed by atoms with van der Waals surface area (Å²) >= 11 is 0. The molecule has 2 aromatic heterocycles. The van der Waals surface area contributed by atoms with Crippen LogP contribution in [0.5, 0.6) is 0 Å². The van der Waals surface area contributed by atoms with Crippen LogP contribution in [0.1, 0.15) is 23.4 Å². The Kier molecular flexibility index (Phi) is 4.76. The Hall–Kier alpha value is -2.46. The highest BCUT2D eigenvalue weighted by atomic mass is 19.1. The van der Waals surface area contributed by atoms with Crippen molar-refractivity contribution in [2.45, 2.75) is 32.1 Å². The second-order valence-corrected chi connectivity index (χ2v) is 6.22. The lowest BCUT2D eigenvalue weighted by atomic mass is 10.2. The molecule has 1 aliphatic heterocycles. The van der Waals surface area contributed by atoms with Crippen LogP contribution in [0.15, 0.2) is 28.9 Å². The zero-order valence-electron chi connectivity index (χ0n) is 13.8. The maximum Gasteiger partial charge on any atom is 0.150 e. The molecule has 2 aromatic rings. The molecule has 2 atom stereocenters. The van der Waals surface area contributed by atoms with Crippen molar-refractivity contribution in [2.24, 2.45) is 0 Å². The number of aromatic nitrogens is 2. The highest BCUT2D eigenvalue weighted by molar-refractivity contribution is 5.52. The van der Waals surface area contributed by atoms with Crippen molar-refractivity contribution in [3.63, 3.8) is 0 Å². The van der Waals surface area contributed by atoms with Crippen LogP contribution in [0, 0.1) is 18.3 Å². The van der Waals surface area contributed by atoms with Crippen molar-refractivity contribution in [3.05, 3.63) is 41.4 Å². The summed E-state index contributed by atoms with van der Waals surface area (Å²) in [6, 6.07) is 7.53. The number of alkyl halides is 1. The van der Waals surface area contributed by atoms with Gasteiger partial charge in [-0.1, -0.05) is 5.16 Å². The van der Waals surface area contributed by atoms with Gasteiger partial charge >= 0.3 is 0 Å². The third-order valence-corrected chi connectivity index (χ3v) is 4.27. The molecule has 1 aliphatic rings. The molecular weight excluding hydrogens is 309 g/mol. The van der Waals surface area contributed by atoms with Crippen molar-refractivity contribution in [1.29, 1.82) is 5.26 Å². The molecule has 0 aromatic carbocycles. The Morgan fingerprint density at radius 2 is 2.38 bits per heavy atom. The number of anilines is 1. The average molecular weight is 329 g/mol. The van der Waals surface area contributed by atoms with Gasteiger partial charge in [0, 0.05) is 38.4 Å². The van der Waals surface area contributed by atoms with Crippen molar-refractivity contribution in [3.8, 4) is 6.07 Å². The topological polar surface area (TPSA) is 69.2 Å². The molecule has 3 rings (SSSR count). The van der Waals surface area contributed by atoms with Gasteiger partial charge in [0.1, 0.15) is 18.1 Å². The molecule has 0 bridgehead atoms. The number of pyridine rings is 1. The van der Waals surface area contributed by atoms with Gasteiger partial charge in [0.25, 0.3) is 0 Å². The fraction of sp³-hybridized carbons (Fsp3) is 0.471. The number of nitriles is 1. The minimum Gasteiger partial charge on any atom is -0.360 e. The Labute approximate surface area is 140 Å². The monoisotopic (exact) mass is 329 g/mol. The van der Waals surface area contributed by atoms with Crippen molar-refractivity contribution in [2.75, 3.05) is 25.0 Å². The van der Waals surface area contributed by atoms with Gasteiger partial charge in [-0.25, -0.2) is 9.37 Å². The van der Waals surface area contributed by atoms with Gasteiger partial charge in [0.05, 0.1) is 17.8 Å². The van der Waals surface area contributed by atoms with Crippen molar-refractivity contribution >= 4 is 5.82 Å². The number of rotatable bonds is 5. The molecule has 0 spiro atoms. The van der Waals surface area contributed by atoms with Crippen LogP contribution in [-0.2, 0) is 6.54 Å². The Bertz CT molecular complexity index is 741. The number of likely N-dealkylation sites (N-methyl/N-ethyl adjacent to an activating group) is 1. The predicted molar refractivity (Wildman–Crippen MR) is 87.2 cm³/mol. The molecule has 0 aliphatic carbocycles. The first-order chi connectivity index (χ1) is 11.6. The van der Waals surface area contributed by atoms with E-state index in [1.165, 1.54) is 0 Å². The van der Waals surface area contributed by atoms with Gasteiger partial charge in [-0.3, -0.25) is 4.90 Å². The molecule has 0 saturated carbocycles. The highest BCUT2D eigenvalue weighted by Crippen LogP contribution is 2.25. The molecular formula is C17H20FN5O. The maximum absolute atomic E-state index is 14.0. The summed E-state index contributed by atoms with van der Waals surface area (Å²) in [5.41, 5.74) is 1.34. The zero-order valence-corrected chi connectivity index (χ0v) is 13.8. The number of halogens is 1. The fourth-order valence-corrected chi connectivity index (χ4v) is 3.19. The van der Waals surface area contributed by atoms with Gasteiger partial charge in [0.15, 0.2) is 5.76 Å². The van der Waals surface area contributed by atoms with E-state index in [2.05, 4.69) is 21.1 Å². The summed E-state index contributed by atoms with van der Waals surface area (Å²) in [6.45, 7) is 3.38. The number of hydrogen-bond donors (Lipinski definition) is 0. The van der Waals surface area contributed by atoms with Crippen LogP contribution in [0.4, 0.5) is 10.2 Å². The van der Waals surface area contributed by atoms with E-state index in [4.69, 9.17) is 4.52 Å². The number of nitrogens with zero attached hydrogens (tertiary/aromatic N) is 5. The normalized spacial score (nSPS) is 20.9. The van der Waals surface area contributed by atoms with E-state index in [1.807, 2.05) is 24.9 Å². The van der Waals surface area contributed by atoms with Crippen LogP contribution < -0.4 is 4.90 Å². The lowest BCUT2D eigenvalue weighted by molar-refractivity contribution is 0.209. The second-order valence-electron chi connectivity index (χ2n) is 6.22. The molecule has 126 valence electrons. The molecule has 0 radical (unpaired) electrons. The number of aryl methyl sites for hydroxylation is 1. The van der Waals surface area contributed by atoms with E-state index in [1.54, 1.807) is 18.3 Å². The van der Waals surface area contributed by atoms with Gasteiger partial charge in [-0.15, -0.1) is 0 Å². The molecule has 0 amide bonds. The first kappa shape index (κ1) is 16.4. The Morgan fingerprint density at radius 3 is 3.08 bits per heavy atom. The molecule has 7 heteroatoms. The molecule has 0 N–H and O–H groups in total. The summed E-state index contributed by atoms with van der Waals surface area (Å²) in [5.74, 6) is 1.36. The van der Waals surface area contributed by atoms with E-state index < -0.39 is 6.17 Å². The van der Waals surface area contributed by atoms with Gasteiger partial charge < -0.3 is 9.42 Å². The van der Waals surface area contributed by atoms with Crippen LogP contribution in [-0.4, -0.2) is 47.4 Å². The second kappa shape index (κ2) is 6.97. The average Bonchev–Trinajstić information content (AvgIpc) is 3.13. The molecule has 3 heterocycles.